The van der Waals surface area contributed by atoms with Gasteiger partial charge in [0.2, 0.25) is 0 Å². The molecule has 0 spiro atoms. The fourth-order valence-corrected chi connectivity index (χ4v) is 3.27. The summed E-state index contributed by atoms with van der Waals surface area (Å²) in [6.45, 7) is 4.03. The lowest BCUT2D eigenvalue weighted by Crippen LogP contribution is -2.18. The van der Waals surface area contributed by atoms with E-state index in [1.807, 2.05) is 0 Å². The maximum atomic E-state index is 11.7. The first-order valence-electron chi connectivity index (χ1n) is 7.79. The average molecular weight is 291 g/mol. The minimum absolute atomic E-state index is 0.236. The van der Waals surface area contributed by atoms with Crippen LogP contribution in [0.15, 0.2) is 0 Å². The first-order valence-corrected chi connectivity index (χ1v) is 7.79. The zero-order chi connectivity index (χ0) is 15.4. The number of nitrogens with two attached hydrogens (primary N) is 1. The zero-order valence-corrected chi connectivity index (χ0v) is 13.2. The molecule has 1 aromatic heterocycles. The topological polar surface area (TPSA) is 78.1 Å². The summed E-state index contributed by atoms with van der Waals surface area (Å²) in [6, 6.07) is 0. The fraction of sp³-hybridized carbons (Fsp3) is 0.688. The zero-order valence-electron chi connectivity index (χ0n) is 13.2. The van der Waals surface area contributed by atoms with Crippen LogP contribution >= 0.6 is 0 Å². The molecule has 1 aromatic rings. The standard InChI is InChI=1S/C16H25N3O2/c1-4-5-11-6-8-12(9-7-11)15-18-10(2)13(14(17)19-15)16(20)21-3/h11-12H,4-9H2,1-3H3,(H2,17,18,19). The molecule has 0 atom stereocenters. The van der Waals surface area contributed by atoms with Crippen LogP contribution in [0.5, 0.6) is 0 Å². The van der Waals surface area contributed by atoms with E-state index in [2.05, 4.69) is 16.9 Å². The van der Waals surface area contributed by atoms with Crippen LogP contribution in [0.4, 0.5) is 5.82 Å². The van der Waals surface area contributed by atoms with Crippen molar-refractivity contribution >= 4 is 11.8 Å². The third kappa shape index (κ3) is 3.52. The number of rotatable bonds is 4. The Morgan fingerprint density at radius 2 is 1.95 bits per heavy atom. The first kappa shape index (κ1) is 15.7. The van der Waals surface area contributed by atoms with Crippen molar-refractivity contribution in [1.29, 1.82) is 0 Å². The number of methoxy groups -OCH3 is 1. The molecule has 1 aliphatic rings. The molecule has 2 rings (SSSR count). The van der Waals surface area contributed by atoms with Crippen molar-refractivity contribution in [3.05, 3.63) is 17.1 Å². The lowest BCUT2D eigenvalue weighted by molar-refractivity contribution is 0.0600. The lowest BCUT2D eigenvalue weighted by Gasteiger charge is -2.27. The number of aromatic nitrogens is 2. The number of carbonyl (C=O) groups excluding carboxylic acids is 1. The van der Waals surface area contributed by atoms with Crippen LogP contribution in [0.3, 0.4) is 0 Å². The molecule has 116 valence electrons. The van der Waals surface area contributed by atoms with E-state index in [0.717, 1.165) is 24.6 Å². The second-order valence-corrected chi connectivity index (χ2v) is 5.93. The Labute approximate surface area is 126 Å². The van der Waals surface area contributed by atoms with Gasteiger partial charge in [-0.1, -0.05) is 19.8 Å². The van der Waals surface area contributed by atoms with Crippen molar-refractivity contribution < 1.29 is 9.53 Å². The minimum atomic E-state index is -0.469. The minimum Gasteiger partial charge on any atom is -0.465 e. The summed E-state index contributed by atoms with van der Waals surface area (Å²) in [5, 5.41) is 0. The van der Waals surface area contributed by atoms with Gasteiger partial charge in [0.25, 0.3) is 0 Å². The van der Waals surface area contributed by atoms with Gasteiger partial charge < -0.3 is 10.5 Å². The Kier molecular flexibility index (Phi) is 5.15. The largest absolute Gasteiger partial charge is 0.465 e. The fourth-order valence-electron chi connectivity index (χ4n) is 3.27. The molecular weight excluding hydrogens is 266 g/mol. The molecule has 5 heteroatoms. The van der Waals surface area contributed by atoms with Gasteiger partial charge in [0.05, 0.1) is 12.8 Å². The number of hydrogen-bond donors (Lipinski definition) is 1. The summed E-state index contributed by atoms with van der Waals surface area (Å²) in [6.07, 6.45) is 7.27. The number of carbonyl (C=O) groups is 1. The first-order chi connectivity index (χ1) is 10.1. The highest BCUT2D eigenvalue weighted by atomic mass is 16.5. The molecule has 5 nitrogen and oxygen atoms in total. The van der Waals surface area contributed by atoms with Gasteiger partial charge in [-0.2, -0.15) is 0 Å². The summed E-state index contributed by atoms with van der Waals surface area (Å²) >= 11 is 0. The Morgan fingerprint density at radius 1 is 1.29 bits per heavy atom. The third-order valence-corrected chi connectivity index (χ3v) is 4.43. The average Bonchev–Trinajstić information content (AvgIpc) is 2.47. The predicted molar refractivity (Wildman–Crippen MR) is 82.1 cm³/mol. The van der Waals surface area contributed by atoms with Crippen molar-refractivity contribution in [1.82, 2.24) is 9.97 Å². The van der Waals surface area contributed by atoms with Crippen LogP contribution < -0.4 is 5.73 Å². The van der Waals surface area contributed by atoms with Gasteiger partial charge in [-0.05, 0) is 38.5 Å². The van der Waals surface area contributed by atoms with Gasteiger partial charge in [0.15, 0.2) is 0 Å². The molecule has 0 aromatic carbocycles. The van der Waals surface area contributed by atoms with Crippen LogP contribution in [0.2, 0.25) is 0 Å². The normalized spacial score (nSPS) is 22.0. The van der Waals surface area contributed by atoms with Gasteiger partial charge in [-0.15, -0.1) is 0 Å². The van der Waals surface area contributed by atoms with E-state index in [4.69, 9.17) is 10.5 Å². The number of ether oxygens (including phenoxy) is 1. The van der Waals surface area contributed by atoms with Crippen LogP contribution in [-0.2, 0) is 4.74 Å². The third-order valence-electron chi connectivity index (χ3n) is 4.43. The molecule has 0 amide bonds. The molecule has 1 fully saturated rings. The molecule has 0 saturated heterocycles. The Hall–Kier alpha value is -1.65. The van der Waals surface area contributed by atoms with Crippen molar-refractivity contribution in [2.45, 2.75) is 58.3 Å². The Balaban J connectivity index is 2.14. The number of anilines is 1. The molecule has 21 heavy (non-hydrogen) atoms. The molecule has 0 aliphatic heterocycles. The van der Waals surface area contributed by atoms with Crippen LogP contribution in [0, 0.1) is 12.8 Å². The summed E-state index contributed by atoms with van der Waals surface area (Å²) in [7, 11) is 1.34. The quantitative estimate of drug-likeness (QED) is 0.862. The number of nitrogen functional groups attached to an aromatic ring is 1. The van der Waals surface area contributed by atoms with Crippen molar-refractivity contribution in [3.63, 3.8) is 0 Å². The predicted octanol–water partition coefficient (Wildman–Crippen LogP) is 3.23. The van der Waals surface area contributed by atoms with Crippen molar-refractivity contribution in [2.75, 3.05) is 12.8 Å². The molecule has 1 aliphatic carbocycles. The number of esters is 1. The SMILES string of the molecule is CCCC1CCC(c2nc(C)c(C(=O)OC)c(N)n2)CC1. The highest BCUT2D eigenvalue weighted by Gasteiger charge is 2.26. The molecule has 0 bridgehead atoms. The van der Waals surface area contributed by atoms with Crippen molar-refractivity contribution in [3.8, 4) is 0 Å². The molecule has 0 unspecified atom stereocenters. The van der Waals surface area contributed by atoms with E-state index in [0.29, 0.717) is 17.2 Å². The van der Waals surface area contributed by atoms with E-state index >= 15 is 0 Å². The Bertz CT molecular complexity index is 485. The molecular formula is C16H25N3O2. The Morgan fingerprint density at radius 3 is 2.48 bits per heavy atom. The molecule has 1 heterocycles. The van der Waals surface area contributed by atoms with Crippen LogP contribution in [-0.4, -0.2) is 23.0 Å². The number of aryl methyl sites for hydroxylation is 1. The number of nitrogens with zero attached hydrogens (tertiary/aromatic N) is 2. The van der Waals surface area contributed by atoms with Crippen LogP contribution in [0.25, 0.3) is 0 Å². The van der Waals surface area contributed by atoms with Gasteiger partial charge in [-0.3, -0.25) is 0 Å². The summed E-state index contributed by atoms with van der Waals surface area (Å²) in [4.78, 5) is 20.5. The van der Waals surface area contributed by atoms with Crippen molar-refractivity contribution in [2.24, 2.45) is 5.92 Å². The summed E-state index contributed by atoms with van der Waals surface area (Å²) in [5.74, 6) is 1.76. The van der Waals surface area contributed by atoms with Gasteiger partial charge >= 0.3 is 5.97 Å². The highest BCUT2D eigenvalue weighted by Crippen LogP contribution is 2.36. The second kappa shape index (κ2) is 6.87. The highest BCUT2D eigenvalue weighted by molar-refractivity contribution is 5.95. The van der Waals surface area contributed by atoms with Gasteiger partial charge in [0.1, 0.15) is 17.2 Å². The maximum absolute atomic E-state index is 11.7. The van der Waals surface area contributed by atoms with Crippen LogP contribution in [0.1, 0.15) is 73.2 Å². The molecule has 0 radical (unpaired) electrons. The monoisotopic (exact) mass is 291 g/mol. The van der Waals surface area contributed by atoms with E-state index in [-0.39, 0.29) is 5.82 Å². The smallest absolute Gasteiger partial charge is 0.343 e. The van der Waals surface area contributed by atoms with Gasteiger partial charge in [0, 0.05) is 5.92 Å². The summed E-state index contributed by atoms with van der Waals surface area (Å²) in [5.41, 5.74) is 6.83. The lowest BCUT2D eigenvalue weighted by atomic mass is 9.79. The molecule has 1 saturated carbocycles. The second-order valence-electron chi connectivity index (χ2n) is 5.93. The van der Waals surface area contributed by atoms with E-state index in [1.54, 1.807) is 6.92 Å². The molecule has 2 N–H and O–H groups in total. The van der Waals surface area contributed by atoms with E-state index in [1.165, 1.54) is 32.8 Å². The van der Waals surface area contributed by atoms with Gasteiger partial charge in [-0.25, -0.2) is 14.8 Å². The van der Waals surface area contributed by atoms with E-state index < -0.39 is 5.97 Å². The summed E-state index contributed by atoms with van der Waals surface area (Å²) < 4.78 is 4.73. The number of hydrogen-bond acceptors (Lipinski definition) is 5. The maximum Gasteiger partial charge on any atom is 0.343 e. The van der Waals surface area contributed by atoms with E-state index in [9.17, 15) is 4.79 Å².